The lowest BCUT2D eigenvalue weighted by Gasteiger charge is -2.26. The Balaban J connectivity index is 1.03. The Labute approximate surface area is 268 Å². The Morgan fingerprint density at radius 2 is 1.65 bits per heavy atom. The number of aromatic nitrogens is 1. The number of nitrogens with zero attached hydrogens (tertiary/aromatic N) is 1. The number of fused-ring (bicyclic) bond motifs is 1. The maximum atomic E-state index is 11.7. The first kappa shape index (κ1) is 31.3. The molecule has 2 heterocycles. The number of H-pyrrole nitrogens is 1. The van der Waals surface area contributed by atoms with E-state index in [-0.39, 0.29) is 11.3 Å². The second kappa shape index (κ2) is 14.6. The van der Waals surface area contributed by atoms with Crippen molar-refractivity contribution in [3.8, 4) is 22.6 Å². The van der Waals surface area contributed by atoms with Gasteiger partial charge in [-0.25, -0.2) is 0 Å². The van der Waals surface area contributed by atoms with Gasteiger partial charge in [0.25, 0.3) is 0 Å². The molecule has 238 valence electrons. The molecule has 1 atom stereocenters. The largest absolute Gasteiger partial charge is 0.506 e. The molecule has 9 nitrogen and oxygen atoms in total. The van der Waals surface area contributed by atoms with E-state index < -0.39 is 6.10 Å². The van der Waals surface area contributed by atoms with Crippen LogP contribution in [-0.4, -0.2) is 66.6 Å². The van der Waals surface area contributed by atoms with Gasteiger partial charge in [0.2, 0.25) is 5.56 Å². The van der Waals surface area contributed by atoms with Crippen molar-refractivity contribution in [2.75, 3.05) is 51.8 Å². The third-order valence-corrected chi connectivity index (χ3v) is 8.41. The number of benzene rings is 4. The third-order valence-electron chi connectivity index (χ3n) is 8.41. The first-order chi connectivity index (χ1) is 22.5. The number of aliphatic hydroxyl groups excluding tert-OH is 1. The van der Waals surface area contributed by atoms with Crippen molar-refractivity contribution in [1.29, 1.82) is 0 Å². The van der Waals surface area contributed by atoms with Gasteiger partial charge in [-0.15, -0.1) is 0 Å². The predicted molar refractivity (Wildman–Crippen MR) is 182 cm³/mol. The second-order valence-electron chi connectivity index (χ2n) is 11.6. The van der Waals surface area contributed by atoms with Crippen molar-refractivity contribution in [3.05, 3.63) is 118 Å². The van der Waals surface area contributed by atoms with Crippen molar-refractivity contribution in [1.82, 2.24) is 15.2 Å². The maximum Gasteiger partial charge on any atom is 0.248 e. The number of hydrogen-bond acceptors (Lipinski definition) is 8. The van der Waals surface area contributed by atoms with Crippen LogP contribution in [0, 0.1) is 0 Å². The Kier molecular flexibility index (Phi) is 9.95. The lowest BCUT2D eigenvalue weighted by atomic mass is 10.0. The summed E-state index contributed by atoms with van der Waals surface area (Å²) in [5, 5.41) is 28.3. The fourth-order valence-electron chi connectivity index (χ4n) is 5.87. The molecule has 4 aromatic carbocycles. The Morgan fingerprint density at radius 3 is 2.41 bits per heavy atom. The van der Waals surface area contributed by atoms with Crippen LogP contribution in [-0.2, 0) is 17.7 Å². The van der Waals surface area contributed by atoms with Gasteiger partial charge in [0.1, 0.15) is 11.5 Å². The molecule has 9 heteroatoms. The van der Waals surface area contributed by atoms with Gasteiger partial charge in [0, 0.05) is 54.6 Å². The quantitative estimate of drug-likeness (QED) is 0.119. The molecular weight excluding hydrogens is 580 g/mol. The normalized spacial score (nSPS) is 14.3. The Morgan fingerprint density at radius 1 is 0.913 bits per heavy atom. The van der Waals surface area contributed by atoms with E-state index in [1.807, 2.05) is 12.1 Å². The first-order valence-electron chi connectivity index (χ1n) is 15.6. The molecule has 0 saturated carbocycles. The molecule has 1 aliphatic rings. The highest BCUT2D eigenvalue weighted by Gasteiger charge is 2.15. The van der Waals surface area contributed by atoms with Crippen LogP contribution in [0.2, 0.25) is 0 Å². The van der Waals surface area contributed by atoms with Gasteiger partial charge >= 0.3 is 0 Å². The monoisotopic (exact) mass is 620 g/mol. The minimum atomic E-state index is -0.789. The zero-order valence-electron chi connectivity index (χ0n) is 26.0. The highest BCUT2D eigenvalue weighted by Crippen LogP contribution is 2.34. The smallest absolute Gasteiger partial charge is 0.248 e. The van der Waals surface area contributed by atoms with Crippen molar-refractivity contribution >= 4 is 22.3 Å². The summed E-state index contributed by atoms with van der Waals surface area (Å²) in [6, 6.07) is 29.4. The van der Waals surface area contributed by atoms with E-state index in [0.717, 1.165) is 67.5 Å². The maximum absolute atomic E-state index is 11.7. The van der Waals surface area contributed by atoms with Crippen LogP contribution in [0.3, 0.4) is 0 Å². The number of aromatic amines is 1. The summed E-state index contributed by atoms with van der Waals surface area (Å²) in [6.45, 7) is 5.49. The van der Waals surface area contributed by atoms with E-state index >= 15 is 0 Å². The summed E-state index contributed by atoms with van der Waals surface area (Å²) in [7, 11) is 1.70. The van der Waals surface area contributed by atoms with Crippen LogP contribution >= 0.6 is 0 Å². The van der Waals surface area contributed by atoms with Crippen LogP contribution < -0.4 is 20.9 Å². The molecule has 6 rings (SSSR count). The molecule has 1 saturated heterocycles. The third kappa shape index (κ3) is 7.58. The number of pyridine rings is 1. The average molecular weight is 621 g/mol. The minimum Gasteiger partial charge on any atom is -0.506 e. The molecule has 1 aromatic heterocycles. The molecular formula is C37H40N4O5. The molecule has 5 N–H and O–H groups in total. The molecule has 1 aliphatic heterocycles. The van der Waals surface area contributed by atoms with Crippen molar-refractivity contribution < 1.29 is 19.7 Å². The molecule has 0 aliphatic carbocycles. The number of anilines is 2. The SMILES string of the molecule is COc1ccc(Nc2ccc(CCNC[C@H](O)c3ccc(O)c4[nH]c(=O)ccc34)cc2)cc1-c1ccc(CN2CCOCC2)cc1. The van der Waals surface area contributed by atoms with E-state index in [4.69, 9.17) is 9.47 Å². The number of ether oxygens (including phenoxy) is 2. The van der Waals surface area contributed by atoms with Gasteiger partial charge in [0.05, 0.1) is 31.9 Å². The predicted octanol–water partition coefficient (Wildman–Crippen LogP) is 5.35. The van der Waals surface area contributed by atoms with Crippen LogP contribution in [0.5, 0.6) is 11.5 Å². The van der Waals surface area contributed by atoms with Crippen LogP contribution in [0.15, 0.2) is 95.8 Å². The standard InChI is InChI=1S/C37H40N4O5/c1-45-35-14-10-29(22-32(35)27-6-2-26(3-7-27)24-41-18-20-46-21-19-41)39-28-8-4-25(5-9-28)16-17-38-23-34(43)30-11-13-33(42)37-31(30)12-15-36(44)40-37/h2-15,22,34,38-39,42-43H,16-21,23-24H2,1H3,(H,40,44)/t34-/m0/s1. The zero-order chi connectivity index (χ0) is 31.9. The molecule has 0 radical (unpaired) electrons. The van der Waals surface area contributed by atoms with Gasteiger partial charge in [-0.1, -0.05) is 42.5 Å². The van der Waals surface area contributed by atoms with Gasteiger partial charge in [-0.3, -0.25) is 9.69 Å². The minimum absolute atomic E-state index is 0.0213. The first-order valence-corrected chi connectivity index (χ1v) is 15.6. The Bertz CT molecular complexity index is 1820. The van der Waals surface area contributed by atoms with E-state index in [9.17, 15) is 15.0 Å². The fraction of sp³-hybridized carbons (Fsp3) is 0.270. The number of phenols is 1. The number of nitrogens with one attached hydrogen (secondary N) is 3. The molecule has 46 heavy (non-hydrogen) atoms. The van der Waals surface area contributed by atoms with E-state index in [1.165, 1.54) is 23.3 Å². The van der Waals surface area contributed by atoms with Crippen molar-refractivity contribution in [3.63, 3.8) is 0 Å². The van der Waals surface area contributed by atoms with Gasteiger partial charge in [-0.05, 0) is 77.7 Å². The van der Waals surface area contributed by atoms with Crippen LogP contribution in [0.25, 0.3) is 22.0 Å². The molecule has 0 unspecified atom stereocenters. The summed E-state index contributed by atoms with van der Waals surface area (Å²) in [4.78, 5) is 16.7. The molecule has 1 fully saturated rings. The lowest BCUT2D eigenvalue weighted by Crippen LogP contribution is -2.35. The van der Waals surface area contributed by atoms with E-state index in [1.54, 1.807) is 19.2 Å². The summed E-state index contributed by atoms with van der Waals surface area (Å²) >= 11 is 0. The van der Waals surface area contributed by atoms with Crippen LogP contribution in [0.4, 0.5) is 11.4 Å². The average Bonchev–Trinajstić information content (AvgIpc) is 3.08. The van der Waals surface area contributed by atoms with Gasteiger partial charge in [-0.2, -0.15) is 0 Å². The van der Waals surface area contributed by atoms with Gasteiger partial charge in [0.15, 0.2) is 0 Å². The lowest BCUT2D eigenvalue weighted by molar-refractivity contribution is 0.0342. The molecule has 0 bridgehead atoms. The van der Waals surface area contributed by atoms with Crippen molar-refractivity contribution in [2.24, 2.45) is 0 Å². The fourth-order valence-corrected chi connectivity index (χ4v) is 5.87. The van der Waals surface area contributed by atoms with Gasteiger partial charge < -0.3 is 35.3 Å². The zero-order valence-corrected chi connectivity index (χ0v) is 26.0. The summed E-state index contributed by atoms with van der Waals surface area (Å²) in [6.07, 6.45) is 0.00760. The number of aliphatic hydroxyl groups is 1. The number of phenolic OH excluding ortho intramolecular Hbond substituents is 1. The molecule has 0 amide bonds. The summed E-state index contributed by atoms with van der Waals surface area (Å²) in [5.74, 6) is 0.805. The van der Waals surface area contributed by atoms with Crippen molar-refractivity contribution in [2.45, 2.75) is 19.1 Å². The number of rotatable bonds is 12. The number of hydrogen-bond donors (Lipinski definition) is 5. The van der Waals surface area contributed by atoms with E-state index in [2.05, 4.69) is 75.1 Å². The summed E-state index contributed by atoms with van der Waals surface area (Å²) in [5.41, 5.74) is 7.23. The number of morpholine rings is 1. The summed E-state index contributed by atoms with van der Waals surface area (Å²) < 4.78 is 11.2. The van der Waals surface area contributed by atoms with Crippen LogP contribution in [0.1, 0.15) is 22.8 Å². The highest BCUT2D eigenvalue weighted by atomic mass is 16.5. The topological polar surface area (TPSA) is 119 Å². The molecule has 5 aromatic rings. The number of aromatic hydroxyl groups is 1. The highest BCUT2D eigenvalue weighted by molar-refractivity contribution is 5.87. The Hall–Kier alpha value is -4.67. The second-order valence-corrected chi connectivity index (χ2v) is 11.6. The number of methoxy groups -OCH3 is 1. The molecule has 0 spiro atoms. The van der Waals surface area contributed by atoms with E-state index in [0.29, 0.717) is 29.6 Å².